The fourth-order valence-corrected chi connectivity index (χ4v) is 4.74. The summed E-state index contributed by atoms with van der Waals surface area (Å²) in [4.78, 5) is 0. The van der Waals surface area contributed by atoms with Crippen LogP contribution in [0.4, 0.5) is 4.39 Å². The highest BCUT2D eigenvalue weighted by Crippen LogP contribution is 2.25. The molecule has 4 rings (SSSR count). The van der Waals surface area contributed by atoms with Crippen LogP contribution in [0.5, 0.6) is 0 Å². The van der Waals surface area contributed by atoms with Crippen molar-refractivity contribution in [3.05, 3.63) is 107 Å². The Kier molecular flexibility index (Phi) is 18.9. The van der Waals surface area contributed by atoms with Gasteiger partial charge in [0.2, 0.25) is 0 Å². The number of halogens is 1. The second-order valence-electron chi connectivity index (χ2n) is 9.29. The van der Waals surface area contributed by atoms with Crippen LogP contribution in [0.3, 0.4) is 0 Å². The number of aryl methyl sites for hydroxylation is 3. The molecule has 1 saturated heterocycles. The molecule has 0 spiro atoms. The Labute approximate surface area is 239 Å². The maximum Gasteiger partial charge on any atom is 0.129 e. The summed E-state index contributed by atoms with van der Waals surface area (Å²) in [6.07, 6.45) is 11.5. The maximum absolute atomic E-state index is 15.2. The topological polar surface area (TPSA) is 36.1 Å². The molecule has 1 aliphatic carbocycles. The van der Waals surface area contributed by atoms with Crippen molar-refractivity contribution in [2.24, 2.45) is 0 Å². The van der Waals surface area contributed by atoms with Crippen LogP contribution in [-0.4, -0.2) is 25.8 Å². The second-order valence-corrected chi connectivity index (χ2v) is 9.29. The Morgan fingerprint density at radius 3 is 1.95 bits per heavy atom. The normalized spacial score (nSPS) is 14.5. The van der Waals surface area contributed by atoms with Crippen molar-refractivity contribution < 1.29 is 4.39 Å². The highest BCUT2D eigenvalue weighted by Gasteiger charge is 2.19. The Morgan fingerprint density at radius 1 is 0.795 bits per heavy atom. The predicted molar refractivity (Wildman–Crippen MR) is 170 cm³/mol. The van der Waals surface area contributed by atoms with Crippen molar-refractivity contribution in [1.29, 1.82) is 0 Å². The SMILES string of the molecule is C=C.CC.CC.CCCNCc1ccc(CCc2cccc(CCC3=CC=C(C4NCCN4)CC3)c2F)cc1. The van der Waals surface area contributed by atoms with Crippen LogP contribution in [0.15, 0.2) is 78.9 Å². The van der Waals surface area contributed by atoms with Gasteiger partial charge in [0.15, 0.2) is 0 Å². The van der Waals surface area contributed by atoms with Crippen LogP contribution in [-0.2, 0) is 25.8 Å². The molecule has 1 fully saturated rings. The largest absolute Gasteiger partial charge is 0.313 e. The van der Waals surface area contributed by atoms with Gasteiger partial charge in [0.05, 0.1) is 6.17 Å². The lowest BCUT2D eigenvalue weighted by molar-refractivity contribution is 0.585. The summed E-state index contributed by atoms with van der Waals surface area (Å²) in [5, 5.41) is 10.4. The van der Waals surface area contributed by atoms with Crippen LogP contribution in [0.25, 0.3) is 0 Å². The quantitative estimate of drug-likeness (QED) is 0.201. The van der Waals surface area contributed by atoms with E-state index in [1.807, 2.05) is 45.9 Å². The zero-order chi connectivity index (χ0) is 28.9. The van der Waals surface area contributed by atoms with Gasteiger partial charge in [0.25, 0.3) is 0 Å². The Bertz CT molecular complexity index is 972. The first kappa shape index (κ1) is 34.5. The van der Waals surface area contributed by atoms with E-state index >= 15 is 4.39 Å². The zero-order valence-electron chi connectivity index (χ0n) is 25.3. The molecule has 216 valence electrons. The van der Waals surface area contributed by atoms with E-state index in [1.54, 1.807) is 0 Å². The summed E-state index contributed by atoms with van der Waals surface area (Å²) in [7, 11) is 0. The fraction of sp³-hybridized carbons (Fsp3) is 0.486. The van der Waals surface area contributed by atoms with Crippen molar-refractivity contribution in [3.63, 3.8) is 0 Å². The van der Waals surface area contributed by atoms with E-state index in [4.69, 9.17) is 0 Å². The molecule has 2 aromatic carbocycles. The molecule has 2 aliphatic rings. The molecule has 0 unspecified atom stereocenters. The standard InChI is InChI=1S/C29H38FN3.2C2H6.C2H4/c1-2-18-31-21-24-8-6-22(7-9-24)10-14-25-4-3-5-26(28(25)30)15-11-23-12-16-27(17-13-23)29-32-19-20-33-29;3*1-2/h3-9,12,16,29,31-33H,2,10-11,13-15,17-21H2,1H3;2*1-2H3;1-2H2. The molecule has 1 heterocycles. The number of nitrogens with one attached hydrogen (secondary N) is 3. The molecular weight excluding hydrogens is 481 g/mol. The first-order valence-corrected chi connectivity index (χ1v) is 15.1. The van der Waals surface area contributed by atoms with Crippen LogP contribution in [0.2, 0.25) is 0 Å². The Hall–Kier alpha value is -2.53. The van der Waals surface area contributed by atoms with Crippen molar-refractivity contribution in [2.75, 3.05) is 19.6 Å². The molecule has 3 nitrogen and oxygen atoms in total. The molecule has 2 aromatic rings. The average molecular weight is 536 g/mol. The van der Waals surface area contributed by atoms with Gasteiger partial charge in [-0.25, -0.2) is 4.39 Å². The summed E-state index contributed by atoms with van der Waals surface area (Å²) < 4.78 is 15.2. The van der Waals surface area contributed by atoms with Gasteiger partial charge in [-0.1, -0.05) is 94.8 Å². The van der Waals surface area contributed by atoms with E-state index < -0.39 is 0 Å². The molecule has 0 bridgehead atoms. The highest BCUT2D eigenvalue weighted by molar-refractivity contribution is 5.31. The van der Waals surface area contributed by atoms with Gasteiger partial charge in [-0.05, 0) is 79.3 Å². The molecular formula is C35H54FN3. The number of hydrogen-bond donors (Lipinski definition) is 3. The van der Waals surface area contributed by atoms with Crippen molar-refractivity contribution in [2.45, 2.75) is 92.3 Å². The Balaban J connectivity index is 0.00000119. The molecule has 0 aromatic heterocycles. The van der Waals surface area contributed by atoms with E-state index in [9.17, 15) is 0 Å². The van der Waals surface area contributed by atoms with Crippen LogP contribution in [0.1, 0.15) is 82.6 Å². The van der Waals surface area contributed by atoms with E-state index in [0.717, 1.165) is 82.3 Å². The molecule has 3 N–H and O–H groups in total. The highest BCUT2D eigenvalue weighted by atomic mass is 19.1. The van der Waals surface area contributed by atoms with Gasteiger partial charge in [0.1, 0.15) is 5.82 Å². The van der Waals surface area contributed by atoms with Gasteiger partial charge < -0.3 is 5.32 Å². The van der Waals surface area contributed by atoms with Gasteiger partial charge >= 0.3 is 0 Å². The fourth-order valence-electron chi connectivity index (χ4n) is 4.74. The third kappa shape index (κ3) is 12.0. The third-order valence-corrected chi connectivity index (χ3v) is 6.80. The lowest BCUT2D eigenvalue weighted by atomic mass is 9.92. The van der Waals surface area contributed by atoms with Crippen molar-refractivity contribution in [3.8, 4) is 0 Å². The maximum atomic E-state index is 15.2. The van der Waals surface area contributed by atoms with Crippen molar-refractivity contribution >= 4 is 0 Å². The monoisotopic (exact) mass is 535 g/mol. The average Bonchev–Trinajstić information content (AvgIpc) is 3.55. The zero-order valence-corrected chi connectivity index (χ0v) is 25.3. The minimum atomic E-state index is -0.00937. The second kappa shape index (κ2) is 21.3. The summed E-state index contributed by atoms with van der Waals surface area (Å²) in [6, 6.07) is 14.6. The molecule has 0 atom stereocenters. The van der Waals surface area contributed by atoms with Gasteiger partial charge in [0, 0.05) is 19.6 Å². The smallest absolute Gasteiger partial charge is 0.129 e. The summed E-state index contributed by atoms with van der Waals surface area (Å²) in [6.45, 7) is 20.2. The molecule has 4 heteroatoms. The summed E-state index contributed by atoms with van der Waals surface area (Å²) in [5.74, 6) is -0.00937. The van der Waals surface area contributed by atoms with E-state index in [1.165, 1.54) is 22.3 Å². The van der Waals surface area contributed by atoms with Crippen LogP contribution in [0, 0.1) is 5.82 Å². The molecule has 0 amide bonds. The summed E-state index contributed by atoms with van der Waals surface area (Å²) >= 11 is 0. The number of rotatable bonds is 11. The Morgan fingerprint density at radius 2 is 1.38 bits per heavy atom. The third-order valence-electron chi connectivity index (χ3n) is 6.80. The lowest BCUT2D eigenvalue weighted by Gasteiger charge is -2.20. The minimum Gasteiger partial charge on any atom is -0.313 e. The first-order chi connectivity index (χ1) is 19.2. The van der Waals surface area contributed by atoms with E-state index in [0.29, 0.717) is 6.17 Å². The first-order valence-electron chi connectivity index (χ1n) is 15.1. The van der Waals surface area contributed by atoms with Gasteiger partial charge in [-0.2, -0.15) is 0 Å². The number of hydrogen-bond acceptors (Lipinski definition) is 3. The van der Waals surface area contributed by atoms with Crippen LogP contribution >= 0.6 is 0 Å². The molecule has 1 aliphatic heterocycles. The van der Waals surface area contributed by atoms with Crippen molar-refractivity contribution in [1.82, 2.24) is 16.0 Å². The lowest BCUT2D eigenvalue weighted by Crippen LogP contribution is -2.33. The molecule has 39 heavy (non-hydrogen) atoms. The molecule has 0 radical (unpaired) electrons. The van der Waals surface area contributed by atoms with E-state index in [2.05, 4.69) is 72.4 Å². The predicted octanol–water partition coefficient (Wildman–Crippen LogP) is 8.06. The van der Waals surface area contributed by atoms with Crippen LogP contribution < -0.4 is 16.0 Å². The van der Waals surface area contributed by atoms with Gasteiger partial charge in [-0.3, -0.25) is 10.6 Å². The number of allylic oxidation sites excluding steroid dienone is 3. The van der Waals surface area contributed by atoms with E-state index in [-0.39, 0.29) is 5.82 Å². The minimum absolute atomic E-state index is 0.00937. The number of benzene rings is 2. The van der Waals surface area contributed by atoms with Gasteiger partial charge in [-0.15, -0.1) is 13.2 Å². The molecule has 0 saturated carbocycles. The summed E-state index contributed by atoms with van der Waals surface area (Å²) in [5.41, 5.74) is 7.11.